The molecule has 0 bridgehead atoms. The van der Waals surface area contributed by atoms with Gasteiger partial charge in [-0.3, -0.25) is 9.67 Å². The number of ether oxygens (including phenoxy) is 1. The largest absolute Gasteiger partial charge is 0.442 e. The Balaban J connectivity index is 1.43. The van der Waals surface area contributed by atoms with Crippen LogP contribution in [0.25, 0.3) is 22.2 Å². The number of benzene rings is 1. The van der Waals surface area contributed by atoms with Crippen molar-refractivity contribution in [1.82, 2.24) is 19.7 Å². The van der Waals surface area contributed by atoms with Crippen molar-refractivity contribution in [2.75, 3.05) is 6.54 Å². The number of hydrogen-bond acceptors (Lipinski definition) is 4. The van der Waals surface area contributed by atoms with Crippen molar-refractivity contribution < 1.29 is 22.7 Å². The molecule has 1 aliphatic carbocycles. The molecule has 3 aromatic rings. The summed E-state index contributed by atoms with van der Waals surface area (Å²) in [7, 11) is 0. The predicted molar refractivity (Wildman–Crippen MR) is 97.9 cm³/mol. The van der Waals surface area contributed by atoms with Gasteiger partial charge >= 0.3 is 6.09 Å². The van der Waals surface area contributed by atoms with Gasteiger partial charge in [-0.1, -0.05) is 6.07 Å². The summed E-state index contributed by atoms with van der Waals surface area (Å²) in [6.45, 7) is 0.892. The Morgan fingerprint density at radius 3 is 2.76 bits per heavy atom. The molecule has 5 rings (SSSR count). The SMILES string of the molecule is O=C1OC(Cn2ncc3ncc(-c4ccc(F)c(C(F)F)c4)cc32)CN1C1CC1. The van der Waals surface area contributed by atoms with Gasteiger partial charge in [0.25, 0.3) is 6.43 Å². The van der Waals surface area contributed by atoms with Gasteiger partial charge in [0, 0.05) is 17.8 Å². The normalized spacial score (nSPS) is 19.4. The Hall–Kier alpha value is -3.10. The molecular weight excluding hydrogens is 385 g/mol. The van der Waals surface area contributed by atoms with Gasteiger partial charge < -0.3 is 9.64 Å². The Morgan fingerprint density at radius 2 is 2.00 bits per heavy atom. The molecule has 1 aromatic carbocycles. The van der Waals surface area contributed by atoms with Crippen molar-refractivity contribution in [2.45, 2.75) is 38.0 Å². The fraction of sp³-hybridized carbons (Fsp3) is 0.350. The standard InChI is InChI=1S/C20H17F3N4O2/c21-16-4-1-11(5-15(16)19(22)23)12-6-18-17(24-7-12)8-25-27(18)10-14-9-26(13-2-3-13)20(28)29-14/h1,4-8,13-14,19H,2-3,9-10H2. The minimum Gasteiger partial charge on any atom is -0.442 e. The van der Waals surface area contributed by atoms with Gasteiger partial charge in [0.15, 0.2) is 0 Å². The number of pyridine rings is 1. The number of nitrogens with zero attached hydrogens (tertiary/aromatic N) is 4. The van der Waals surface area contributed by atoms with Crippen molar-refractivity contribution >= 4 is 17.1 Å². The number of carbonyl (C=O) groups is 1. The van der Waals surface area contributed by atoms with Gasteiger partial charge in [-0.2, -0.15) is 5.10 Å². The molecule has 1 unspecified atom stereocenters. The third-order valence-corrected chi connectivity index (χ3v) is 5.33. The average Bonchev–Trinajstić information content (AvgIpc) is 3.37. The third-order valence-electron chi connectivity index (χ3n) is 5.33. The van der Waals surface area contributed by atoms with E-state index in [2.05, 4.69) is 10.1 Å². The number of hydrogen-bond donors (Lipinski definition) is 0. The number of aromatic nitrogens is 3. The summed E-state index contributed by atoms with van der Waals surface area (Å²) in [6, 6.07) is 5.67. The first kappa shape index (κ1) is 18.0. The van der Waals surface area contributed by atoms with Crippen molar-refractivity contribution in [2.24, 2.45) is 0 Å². The van der Waals surface area contributed by atoms with E-state index in [4.69, 9.17) is 4.74 Å². The minimum atomic E-state index is -2.90. The maximum atomic E-state index is 13.6. The molecule has 0 spiro atoms. The quantitative estimate of drug-likeness (QED) is 0.643. The summed E-state index contributed by atoms with van der Waals surface area (Å²) in [5.74, 6) is -0.939. The van der Waals surface area contributed by atoms with Gasteiger partial charge in [-0.25, -0.2) is 18.0 Å². The maximum Gasteiger partial charge on any atom is 0.410 e. The van der Waals surface area contributed by atoms with E-state index in [0.717, 1.165) is 25.0 Å². The lowest BCUT2D eigenvalue weighted by atomic mass is 10.0. The fourth-order valence-electron chi connectivity index (χ4n) is 3.66. The molecule has 2 fully saturated rings. The lowest BCUT2D eigenvalue weighted by Gasteiger charge is -2.11. The highest BCUT2D eigenvalue weighted by atomic mass is 19.3. The molecule has 1 saturated heterocycles. The second-order valence-corrected chi connectivity index (χ2v) is 7.38. The summed E-state index contributed by atoms with van der Waals surface area (Å²) in [5, 5.41) is 4.33. The van der Waals surface area contributed by atoms with Crippen molar-refractivity contribution in [1.29, 1.82) is 0 Å². The monoisotopic (exact) mass is 402 g/mol. The minimum absolute atomic E-state index is 0.289. The lowest BCUT2D eigenvalue weighted by Crippen LogP contribution is -2.28. The third kappa shape index (κ3) is 3.30. The number of carbonyl (C=O) groups excluding carboxylic acids is 1. The van der Waals surface area contributed by atoms with Crippen molar-refractivity contribution in [3.8, 4) is 11.1 Å². The second kappa shape index (κ2) is 6.75. The zero-order chi connectivity index (χ0) is 20.1. The van der Waals surface area contributed by atoms with Crippen LogP contribution in [0.2, 0.25) is 0 Å². The molecule has 1 aliphatic heterocycles. The van der Waals surface area contributed by atoms with Crippen LogP contribution in [0.4, 0.5) is 18.0 Å². The molecule has 9 heteroatoms. The van der Waals surface area contributed by atoms with E-state index in [1.807, 2.05) is 0 Å². The second-order valence-electron chi connectivity index (χ2n) is 7.38. The van der Waals surface area contributed by atoms with Crippen LogP contribution < -0.4 is 0 Å². The van der Waals surface area contributed by atoms with Crippen LogP contribution in [0.5, 0.6) is 0 Å². The molecule has 0 N–H and O–H groups in total. The lowest BCUT2D eigenvalue weighted by molar-refractivity contribution is 0.123. The van der Waals surface area contributed by atoms with Crippen LogP contribution in [0.3, 0.4) is 0 Å². The van der Waals surface area contributed by atoms with E-state index >= 15 is 0 Å². The topological polar surface area (TPSA) is 60.3 Å². The first-order valence-corrected chi connectivity index (χ1v) is 9.36. The molecule has 2 aliphatic rings. The zero-order valence-corrected chi connectivity index (χ0v) is 15.3. The van der Waals surface area contributed by atoms with Gasteiger partial charge in [0.2, 0.25) is 0 Å². The zero-order valence-electron chi connectivity index (χ0n) is 15.3. The van der Waals surface area contributed by atoms with E-state index in [9.17, 15) is 18.0 Å². The van der Waals surface area contributed by atoms with Gasteiger partial charge in [0.1, 0.15) is 17.4 Å². The molecule has 6 nitrogen and oxygen atoms in total. The van der Waals surface area contributed by atoms with E-state index in [0.29, 0.717) is 35.2 Å². The van der Waals surface area contributed by atoms with E-state index in [1.54, 1.807) is 28.0 Å². The predicted octanol–water partition coefficient (Wildman–Crippen LogP) is 4.16. The molecule has 1 amide bonds. The van der Waals surface area contributed by atoms with Crippen LogP contribution in [0.1, 0.15) is 24.8 Å². The average molecular weight is 402 g/mol. The van der Waals surface area contributed by atoms with Crippen LogP contribution >= 0.6 is 0 Å². The number of rotatable bonds is 5. The Bertz CT molecular complexity index is 1100. The first-order chi connectivity index (χ1) is 14.0. The summed E-state index contributed by atoms with van der Waals surface area (Å²) in [6.07, 6.45) is 1.66. The van der Waals surface area contributed by atoms with Crippen molar-refractivity contribution in [3.05, 3.63) is 48.0 Å². The Kier molecular flexibility index (Phi) is 4.18. The summed E-state index contributed by atoms with van der Waals surface area (Å²) >= 11 is 0. The van der Waals surface area contributed by atoms with Crippen molar-refractivity contribution in [3.63, 3.8) is 0 Å². The fourth-order valence-corrected chi connectivity index (χ4v) is 3.66. The Labute approximate surface area is 163 Å². The van der Waals surface area contributed by atoms with Crippen LogP contribution in [-0.4, -0.2) is 44.4 Å². The van der Waals surface area contributed by atoms with E-state index < -0.39 is 17.8 Å². The van der Waals surface area contributed by atoms with Gasteiger partial charge in [-0.15, -0.1) is 0 Å². The van der Waals surface area contributed by atoms with E-state index in [-0.39, 0.29) is 18.2 Å². The van der Waals surface area contributed by atoms with Gasteiger partial charge in [-0.05, 0) is 36.6 Å². The Morgan fingerprint density at radius 1 is 1.17 bits per heavy atom. The highest BCUT2D eigenvalue weighted by Gasteiger charge is 2.41. The molecule has 150 valence electrons. The highest BCUT2D eigenvalue weighted by molar-refractivity contribution is 5.80. The summed E-state index contributed by atoms with van der Waals surface area (Å²) < 4.78 is 46.8. The van der Waals surface area contributed by atoms with E-state index in [1.165, 1.54) is 6.07 Å². The molecule has 3 heterocycles. The van der Waals surface area contributed by atoms with Crippen LogP contribution in [0.15, 0.2) is 36.7 Å². The number of fused-ring (bicyclic) bond motifs is 1. The molecule has 1 atom stereocenters. The maximum absolute atomic E-state index is 13.6. The molecule has 1 saturated carbocycles. The number of alkyl halides is 2. The van der Waals surface area contributed by atoms with Crippen LogP contribution in [-0.2, 0) is 11.3 Å². The molecule has 2 aromatic heterocycles. The smallest absolute Gasteiger partial charge is 0.410 e. The number of cyclic esters (lactones) is 1. The number of amides is 1. The number of halogens is 3. The summed E-state index contributed by atoms with van der Waals surface area (Å²) in [4.78, 5) is 18.1. The molecular formula is C20H17F3N4O2. The molecule has 29 heavy (non-hydrogen) atoms. The first-order valence-electron chi connectivity index (χ1n) is 9.36. The summed E-state index contributed by atoms with van der Waals surface area (Å²) in [5.41, 5.74) is 1.69. The van der Waals surface area contributed by atoms with Crippen LogP contribution in [0, 0.1) is 5.82 Å². The molecule has 0 radical (unpaired) electrons. The highest BCUT2D eigenvalue weighted by Crippen LogP contribution is 2.32. The van der Waals surface area contributed by atoms with Gasteiger partial charge in [0.05, 0.1) is 30.4 Å².